The van der Waals surface area contributed by atoms with Crippen LogP contribution in [-0.2, 0) is 0 Å². The fourth-order valence-corrected chi connectivity index (χ4v) is 3.69. The smallest absolute Gasteiger partial charge is 0.111 e. The summed E-state index contributed by atoms with van der Waals surface area (Å²) in [6, 6.07) is 10.9. The Bertz CT molecular complexity index is 589. The van der Waals surface area contributed by atoms with Crippen molar-refractivity contribution < 1.29 is 0 Å². The molecule has 0 spiro atoms. The van der Waals surface area contributed by atoms with E-state index in [4.69, 9.17) is 10.2 Å². The number of rotatable bonds is 3. The topological polar surface area (TPSA) is 43.2 Å². The van der Waals surface area contributed by atoms with Crippen LogP contribution < -0.4 is 0 Å². The van der Waals surface area contributed by atoms with Gasteiger partial charge in [0.25, 0.3) is 0 Å². The zero-order chi connectivity index (χ0) is 13.9. The van der Waals surface area contributed by atoms with Gasteiger partial charge in [-0.25, -0.2) is 4.98 Å². The van der Waals surface area contributed by atoms with Crippen molar-refractivity contribution >= 4 is 21.6 Å². The van der Waals surface area contributed by atoms with E-state index in [0.717, 1.165) is 31.7 Å². The number of thiazole rings is 1. The van der Waals surface area contributed by atoms with Gasteiger partial charge in [0.1, 0.15) is 5.01 Å². The molecule has 0 N–H and O–H groups in total. The standard InChI is InChI=1S/C15H18N4S/c1-12(19-10-8-18(7-6-16)9-11-19)15-17-13-4-2-3-5-14(13)20-15/h2-5,12H,7-11H2,1H3/t12-/m1/s1. The van der Waals surface area contributed by atoms with E-state index in [-0.39, 0.29) is 0 Å². The molecule has 0 unspecified atom stereocenters. The van der Waals surface area contributed by atoms with Gasteiger partial charge in [0.15, 0.2) is 0 Å². The molecular formula is C15H18N4S. The third-order valence-electron chi connectivity index (χ3n) is 3.92. The molecule has 1 saturated heterocycles. The number of para-hydroxylation sites is 1. The molecule has 1 aromatic carbocycles. The van der Waals surface area contributed by atoms with Gasteiger partial charge in [-0.1, -0.05) is 12.1 Å². The third kappa shape index (κ3) is 2.68. The first kappa shape index (κ1) is 13.5. The highest BCUT2D eigenvalue weighted by molar-refractivity contribution is 7.18. The van der Waals surface area contributed by atoms with Crippen LogP contribution in [0.1, 0.15) is 18.0 Å². The van der Waals surface area contributed by atoms with Crippen molar-refractivity contribution in [3.63, 3.8) is 0 Å². The van der Waals surface area contributed by atoms with Crippen LogP contribution in [0.3, 0.4) is 0 Å². The molecule has 3 rings (SSSR count). The Kier molecular flexibility index (Phi) is 3.97. The number of hydrogen-bond acceptors (Lipinski definition) is 5. The second-order valence-electron chi connectivity index (χ2n) is 5.17. The van der Waals surface area contributed by atoms with Gasteiger partial charge in [-0.05, 0) is 19.1 Å². The predicted molar refractivity (Wildman–Crippen MR) is 81.7 cm³/mol. The van der Waals surface area contributed by atoms with E-state index in [9.17, 15) is 0 Å². The zero-order valence-electron chi connectivity index (χ0n) is 11.6. The lowest BCUT2D eigenvalue weighted by molar-refractivity contribution is 0.111. The summed E-state index contributed by atoms with van der Waals surface area (Å²) in [6.07, 6.45) is 0. The maximum atomic E-state index is 8.74. The van der Waals surface area contributed by atoms with Crippen molar-refractivity contribution in [1.29, 1.82) is 5.26 Å². The highest BCUT2D eigenvalue weighted by Gasteiger charge is 2.23. The number of aromatic nitrogens is 1. The third-order valence-corrected chi connectivity index (χ3v) is 5.12. The van der Waals surface area contributed by atoms with Crippen LogP contribution in [0.2, 0.25) is 0 Å². The van der Waals surface area contributed by atoms with Crippen LogP contribution in [0.5, 0.6) is 0 Å². The monoisotopic (exact) mass is 286 g/mol. The Labute approximate surface area is 123 Å². The van der Waals surface area contributed by atoms with Gasteiger partial charge < -0.3 is 0 Å². The van der Waals surface area contributed by atoms with Gasteiger partial charge in [-0.15, -0.1) is 11.3 Å². The SMILES string of the molecule is C[C@H](c1nc2ccccc2s1)N1CCN(CC#N)CC1. The second-order valence-corrected chi connectivity index (χ2v) is 6.23. The second kappa shape index (κ2) is 5.88. The maximum Gasteiger partial charge on any atom is 0.111 e. The lowest BCUT2D eigenvalue weighted by atomic mass is 10.2. The van der Waals surface area contributed by atoms with E-state index in [1.165, 1.54) is 9.71 Å². The molecule has 0 bridgehead atoms. The first-order valence-electron chi connectivity index (χ1n) is 6.97. The minimum absolute atomic E-state index is 0.358. The summed E-state index contributed by atoms with van der Waals surface area (Å²) in [5.41, 5.74) is 1.10. The Hall–Kier alpha value is -1.48. The minimum Gasteiger partial charge on any atom is -0.292 e. The fourth-order valence-electron chi connectivity index (χ4n) is 2.63. The van der Waals surface area contributed by atoms with Crippen LogP contribution in [0, 0.1) is 11.3 Å². The van der Waals surface area contributed by atoms with Crippen LogP contribution in [0.15, 0.2) is 24.3 Å². The van der Waals surface area contributed by atoms with Crippen LogP contribution in [0.25, 0.3) is 10.2 Å². The Morgan fingerprint density at radius 2 is 2.05 bits per heavy atom. The van der Waals surface area contributed by atoms with Crippen molar-refractivity contribution in [3.05, 3.63) is 29.3 Å². The van der Waals surface area contributed by atoms with E-state index >= 15 is 0 Å². The molecule has 1 aromatic heterocycles. The van der Waals surface area contributed by atoms with Crippen LogP contribution in [-0.4, -0.2) is 47.5 Å². The van der Waals surface area contributed by atoms with Crippen molar-refractivity contribution in [2.75, 3.05) is 32.7 Å². The van der Waals surface area contributed by atoms with E-state index in [1.807, 2.05) is 6.07 Å². The summed E-state index contributed by atoms with van der Waals surface area (Å²) >= 11 is 1.79. The fraction of sp³-hybridized carbons (Fsp3) is 0.467. The van der Waals surface area contributed by atoms with Crippen LogP contribution in [0.4, 0.5) is 0 Å². The number of hydrogen-bond donors (Lipinski definition) is 0. The number of benzene rings is 1. The number of nitrogens with zero attached hydrogens (tertiary/aromatic N) is 4. The maximum absolute atomic E-state index is 8.74. The highest BCUT2D eigenvalue weighted by Crippen LogP contribution is 2.29. The number of piperazine rings is 1. The minimum atomic E-state index is 0.358. The van der Waals surface area contributed by atoms with E-state index in [2.05, 4.69) is 41.0 Å². The van der Waals surface area contributed by atoms with Gasteiger partial charge >= 0.3 is 0 Å². The molecule has 0 aliphatic carbocycles. The van der Waals surface area contributed by atoms with Crippen molar-refractivity contribution in [2.24, 2.45) is 0 Å². The van der Waals surface area contributed by atoms with Gasteiger partial charge in [0.2, 0.25) is 0 Å². The summed E-state index contributed by atoms with van der Waals surface area (Å²) < 4.78 is 1.26. The average molecular weight is 286 g/mol. The molecule has 1 aliphatic heterocycles. The van der Waals surface area contributed by atoms with Gasteiger partial charge in [-0.3, -0.25) is 9.80 Å². The summed E-state index contributed by atoms with van der Waals surface area (Å²) in [5.74, 6) is 0. The first-order valence-corrected chi connectivity index (χ1v) is 7.78. The molecule has 5 heteroatoms. The molecule has 2 heterocycles. The van der Waals surface area contributed by atoms with E-state index in [1.54, 1.807) is 11.3 Å². The molecule has 4 nitrogen and oxygen atoms in total. The van der Waals surface area contributed by atoms with Gasteiger partial charge in [0, 0.05) is 26.2 Å². The van der Waals surface area contributed by atoms with Crippen LogP contribution >= 0.6 is 11.3 Å². The van der Waals surface area contributed by atoms with Crippen molar-refractivity contribution in [2.45, 2.75) is 13.0 Å². The highest BCUT2D eigenvalue weighted by atomic mass is 32.1. The Morgan fingerprint density at radius 3 is 2.75 bits per heavy atom. The number of nitriles is 1. The van der Waals surface area contributed by atoms with Gasteiger partial charge in [-0.2, -0.15) is 5.26 Å². The zero-order valence-corrected chi connectivity index (χ0v) is 12.4. The molecule has 1 fully saturated rings. The van der Waals surface area contributed by atoms with Gasteiger partial charge in [0.05, 0.1) is 28.9 Å². The molecule has 104 valence electrons. The quantitative estimate of drug-likeness (QED) is 0.813. The Morgan fingerprint density at radius 1 is 1.30 bits per heavy atom. The van der Waals surface area contributed by atoms with Crippen molar-refractivity contribution in [1.82, 2.24) is 14.8 Å². The predicted octanol–water partition coefficient (Wildman–Crippen LogP) is 2.50. The summed E-state index contributed by atoms with van der Waals surface area (Å²) in [4.78, 5) is 9.43. The molecule has 0 amide bonds. The molecule has 20 heavy (non-hydrogen) atoms. The molecule has 0 radical (unpaired) electrons. The molecular weight excluding hydrogens is 268 g/mol. The lowest BCUT2D eigenvalue weighted by Crippen LogP contribution is -2.47. The molecule has 0 saturated carbocycles. The summed E-state index contributed by atoms with van der Waals surface area (Å²) in [6.45, 7) is 6.75. The lowest BCUT2D eigenvalue weighted by Gasteiger charge is -2.36. The van der Waals surface area contributed by atoms with E-state index in [0.29, 0.717) is 12.6 Å². The Balaban J connectivity index is 1.70. The first-order chi connectivity index (χ1) is 9.78. The summed E-state index contributed by atoms with van der Waals surface area (Å²) in [5, 5.41) is 9.93. The average Bonchev–Trinajstić information content (AvgIpc) is 2.91. The van der Waals surface area contributed by atoms with Crippen molar-refractivity contribution in [3.8, 4) is 6.07 Å². The summed E-state index contributed by atoms with van der Waals surface area (Å²) in [7, 11) is 0. The normalized spacial score (nSPS) is 19.0. The number of fused-ring (bicyclic) bond motifs is 1. The molecule has 1 aliphatic rings. The molecule has 2 aromatic rings. The molecule has 1 atom stereocenters. The van der Waals surface area contributed by atoms with E-state index < -0.39 is 0 Å². The largest absolute Gasteiger partial charge is 0.292 e.